The summed E-state index contributed by atoms with van der Waals surface area (Å²) in [5, 5.41) is 12.2. The van der Waals surface area contributed by atoms with Crippen LogP contribution in [0.3, 0.4) is 0 Å². The van der Waals surface area contributed by atoms with E-state index in [-0.39, 0.29) is 12.1 Å². The van der Waals surface area contributed by atoms with Gasteiger partial charge in [-0.1, -0.05) is 20.3 Å². The van der Waals surface area contributed by atoms with Crippen molar-refractivity contribution < 1.29 is 9.84 Å². The molecule has 0 fully saturated rings. The molecule has 0 aliphatic carbocycles. The van der Waals surface area contributed by atoms with Gasteiger partial charge >= 0.3 is 0 Å². The van der Waals surface area contributed by atoms with E-state index in [0.717, 1.165) is 6.61 Å². The van der Waals surface area contributed by atoms with Crippen LogP contribution < -0.4 is 5.32 Å². The Bertz CT molecular complexity index is 135. The molecule has 2 unspecified atom stereocenters. The van der Waals surface area contributed by atoms with Gasteiger partial charge in [0.15, 0.2) is 0 Å². The Hall–Kier alpha value is -0.120. The third-order valence-corrected chi connectivity index (χ3v) is 2.56. The lowest BCUT2D eigenvalue weighted by atomic mass is 10.1. The molecule has 0 heterocycles. The van der Waals surface area contributed by atoms with E-state index in [1.54, 1.807) is 0 Å². The second-order valence-corrected chi connectivity index (χ2v) is 4.38. The molecule has 0 saturated carbocycles. The van der Waals surface area contributed by atoms with Crippen LogP contribution in [0.4, 0.5) is 0 Å². The number of likely N-dealkylation sites (N-methyl/N-ethyl adjacent to an activating group) is 1. The van der Waals surface area contributed by atoms with Crippen molar-refractivity contribution >= 4 is 0 Å². The van der Waals surface area contributed by atoms with Crippen LogP contribution >= 0.6 is 0 Å². The summed E-state index contributed by atoms with van der Waals surface area (Å²) in [6.07, 6.45) is 2.41. The van der Waals surface area contributed by atoms with E-state index in [1.807, 2.05) is 14.0 Å². The maximum Gasteiger partial charge on any atom is 0.0668 e. The Labute approximate surface area is 87.8 Å². The SMILES string of the molecule is CCCC(C)COCC(C)(CO)NC. The third-order valence-electron chi connectivity index (χ3n) is 2.56. The summed E-state index contributed by atoms with van der Waals surface area (Å²) < 4.78 is 5.57. The van der Waals surface area contributed by atoms with E-state index < -0.39 is 0 Å². The van der Waals surface area contributed by atoms with Gasteiger partial charge in [-0.05, 0) is 26.3 Å². The average Bonchev–Trinajstić information content (AvgIpc) is 2.18. The number of aliphatic hydroxyl groups is 1. The summed E-state index contributed by atoms with van der Waals surface area (Å²) >= 11 is 0. The molecule has 14 heavy (non-hydrogen) atoms. The van der Waals surface area contributed by atoms with Gasteiger partial charge in [0.25, 0.3) is 0 Å². The maximum atomic E-state index is 9.11. The molecular weight excluding hydrogens is 178 g/mol. The van der Waals surface area contributed by atoms with Gasteiger partial charge in [-0.3, -0.25) is 0 Å². The van der Waals surface area contributed by atoms with Gasteiger partial charge in [-0.25, -0.2) is 0 Å². The zero-order valence-corrected chi connectivity index (χ0v) is 9.97. The summed E-state index contributed by atoms with van der Waals surface area (Å²) in [6.45, 7) is 7.78. The summed E-state index contributed by atoms with van der Waals surface area (Å²) in [5.74, 6) is 0.611. The van der Waals surface area contributed by atoms with Gasteiger partial charge in [0, 0.05) is 6.61 Å². The van der Waals surface area contributed by atoms with Crippen LogP contribution in [0.5, 0.6) is 0 Å². The van der Waals surface area contributed by atoms with Crippen molar-refractivity contribution in [3.63, 3.8) is 0 Å². The van der Waals surface area contributed by atoms with Crippen molar-refractivity contribution in [3.05, 3.63) is 0 Å². The largest absolute Gasteiger partial charge is 0.394 e. The molecule has 0 radical (unpaired) electrons. The van der Waals surface area contributed by atoms with E-state index in [1.165, 1.54) is 12.8 Å². The first kappa shape index (κ1) is 13.9. The second kappa shape index (κ2) is 7.21. The van der Waals surface area contributed by atoms with Crippen molar-refractivity contribution in [1.82, 2.24) is 5.32 Å². The lowest BCUT2D eigenvalue weighted by Crippen LogP contribution is -2.47. The van der Waals surface area contributed by atoms with E-state index in [0.29, 0.717) is 12.5 Å². The van der Waals surface area contributed by atoms with Crippen LogP contribution in [0.1, 0.15) is 33.6 Å². The molecule has 2 atom stereocenters. The highest BCUT2D eigenvalue weighted by Gasteiger charge is 2.20. The highest BCUT2D eigenvalue weighted by molar-refractivity contribution is 4.79. The van der Waals surface area contributed by atoms with Crippen molar-refractivity contribution in [1.29, 1.82) is 0 Å². The number of nitrogens with one attached hydrogen (secondary N) is 1. The van der Waals surface area contributed by atoms with Crippen molar-refractivity contribution in [2.24, 2.45) is 5.92 Å². The Morgan fingerprint density at radius 1 is 1.50 bits per heavy atom. The molecule has 0 aromatic heterocycles. The number of hydrogen-bond acceptors (Lipinski definition) is 3. The first-order chi connectivity index (χ1) is 6.58. The quantitative estimate of drug-likeness (QED) is 0.627. The average molecular weight is 203 g/mol. The molecular formula is C11H25NO2. The molecule has 0 aliphatic rings. The molecule has 0 rings (SSSR count). The molecule has 0 bridgehead atoms. The van der Waals surface area contributed by atoms with Crippen LogP contribution in [-0.2, 0) is 4.74 Å². The summed E-state index contributed by atoms with van der Waals surface area (Å²) in [6, 6.07) is 0. The normalized spacial score (nSPS) is 17.8. The predicted octanol–water partition coefficient (Wildman–Crippen LogP) is 1.41. The van der Waals surface area contributed by atoms with Gasteiger partial charge in [-0.2, -0.15) is 0 Å². The fourth-order valence-electron chi connectivity index (χ4n) is 1.26. The van der Waals surface area contributed by atoms with Gasteiger partial charge in [0.05, 0.1) is 18.8 Å². The molecule has 0 amide bonds. The van der Waals surface area contributed by atoms with E-state index in [2.05, 4.69) is 19.2 Å². The Morgan fingerprint density at radius 3 is 2.57 bits per heavy atom. The fourth-order valence-corrected chi connectivity index (χ4v) is 1.26. The molecule has 2 N–H and O–H groups in total. The van der Waals surface area contributed by atoms with Crippen molar-refractivity contribution in [3.8, 4) is 0 Å². The minimum atomic E-state index is -0.300. The van der Waals surface area contributed by atoms with Crippen LogP contribution in [0, 0.1) is 5.92 Å². The van der Waals surface area contributed by atoms with Gasteiger partial charge in [0.2, 0.25) is 0 Å². The summed E-state index contributed by atoms with van der Waals surface area (Å²) in [7, 11) is 1.84. The molecule has 0 aliphatic heterocycles. The second-order valence-electron chi connectivity index (χ2n) is 4.38. The van der Waals surface area contributed by atoms with Crippen LogP contribution in [0.25, 0.3) is 0 Å². The number of hydrogen-bond donors (Lipinski definition) is 2. The van der Waals surface area contributed by atoms with Gasteiger partial charge in [0.1, 0.15) is 0 Å². The molecule has 86 valence electrons. The highest BCUT2D eigenvalue weighted by atomic mass is 16.5. The van der Waals surface area contributed by atoms with Gasteiger partial charge in [-0.15, -0.1) is 0 Å². The van der Waals surface area contributed by atoms with Gasteiger partial charge < -0.3 is 15.2 Å². The minimum absolute atomic E-state index is 0.103. The molecule has 0 aromatic carbocycles. The molecule has 3 heteroatoms. The monoisotopic (exact) mass is 203 g/mol. The standard InChI is InChI=1S/C11H25NO2/c1-5-6-10(2)7-14-9-11(3,8-13)12-4/h10,12-13H,5-9H2,1-4H3. The zero-order chi connectivity index (χ0) is 11.0. The first-order valence-electron chi connectivity index (χ1n) is 5.45. The van der Waals surface area contributed by atoms with Crippen LogP contribution in [-0.4, -0.2) is 37.5 Å². The van der Waals surface area contributed by atoms with E-state index in [9.17, 15) is 0 Å². The van der Waals surface area contributed by atoms with E-state index >= 15 is 0 Å². The van der Waals surface area contributed by atoms with Crippen LogP contribution in [0.2, 0.25) is 0 Å². The maximum absolute atomic E-state index is 9.11. The lowest BCUT2D eigenvalue weighted by Gasteiger charge is -2.27. The van der Waals surface area contributed by atoms with Crippen molar-refractivity contribution in [2.75, 3.05) is 26.9 Å². The Balaban J connectivity index is 3.61. The number of rotatable bonds is 8. The molecule has 0 saturated heterocycles. The summed E-state index contributed by atoms with van der Waals surface area (Å²) in [5.41, 5.74) is -0.300. The lowest BCUT2D eigenvalue weighted by molar-refractivity contribution is 0.0323. The first-order valence-corrected chi connectivity index (χ1v) is 5.45. The number of aliphatic hydroxyl groups excluding tert-OH is 1. The molecule has 0 spiro atoms. The smallest absolute Gasteiger partial charge is 0.0668 e. The Morgan fingerprint density at radius 2 is 2.14 bits per heavy atom. The Kier molecular flexibility index (Phi) is 7.15. The number of ether oxygens (including phenoxy) is 1. The highest BCUT2D eigenvalue weighted by Crippen LogP contribution is 2.08. The topological polar surface area (TPSA) is 41.5 Å². The summed E-state index contributed by atoms with van der Waals surface area (Å²) in [4.78, 5) is 0. The molecule has 0 aromatic rings. The zero-order valence-electron chi connectivity index (χ0n) is 9.97. The third kappa shape index (κ3) is 5.58. The molecule has 3 nitrogen and oxygen atoms in total. The predicted molar refractivity (Wildman–Crippen MR) is 59.4 cm³/mol. The van der Waals surface area contributed by atoms with Crippen molar-refractivity contribution in [2.45, 2.75) is 39.2 Å². The fraction of sp³-hybridized carbons (Fsp3) is 1.00. The van der Waals surface area contributed by atoms with E-state index in [4.69, 9.17) is 9.84 Å². The minimum Gasteiger partial charge on any atom is -0.394 e. The van der Waals surface area contributed by atoms with Crippen LogP contribution in [0.15, 0.2) is 0 Å².